The Kier molecular flexibility index (Phi) is 2.63. The van der Waals surface area contributed by atoms with E-state index in [9.17, 15) is 9.59 Å². The van der Waals surface area contributed by atoms with Gasteiger partial charge in [-0.25, -0.2) is 9.97 Å². The number of hydrogen-bond acceptors (Lipinski definition) is 4. The average Bonchev–Trinajstić information content (AvgIpc) is 2.25. The SMILES string of the molecule is Cc1nc2c(=O)ccn(CC(N)=O)c2nc1C. The molecule has 0 unspecified atom stereocenters. The van der Waals surface area contributed by atoms with E-state index in [4.69, 9.17) is 5.73 Å². The summed E-state index contributed by atoms with van der Waals surface area (Å²) in [4.78, 5) is 31.0. The minimum atomic E-state index is -0.491. The molecule has 0 bridgehead atoms. The molecule has 2 aromatic rings. The van der Waals surface area contributed by atoms with Crippen LogP contribution in [0.3, 0.4) is 0 Å². The Labute approximate surface area is 97.1 Å². The third-order valence-corrected chi connectivity index (χ3v) is 2.53. The highest BCUT2D eigenvalue weighted by atomic mass is 16.1. The lowest BCUT2D eigenvalue weighted by Gasteiger charge is -2.08. The van der Waals surface area contributed by atoms with Crippen molar-refractivity contribution >= 4 is 17.1 Å². The molecule has 2 N–H and O–H groups in total. The molecule has 0 atom stereocenters. The molecule has 17 heavy (non-hydrogen) atoms. The van der Waals surface area contributed by atoms with Gasteiger partial charge < -0.3 is 10.3 Å². The number of pyridine rings is 1. The summed E-state index contributed by atoms with van der Waals surface area (Å²) in [7, 11) is 0. The smallest absolute Gasteiger partial charge is 0.237 e. The highest BCUT2D eigenvalue weighted by molar-refractivity contribution is 5.77. The lowest BCUT2D eigenvalue weighted by atomic mass is 10.3. The molecule has 88 valence electrons. The third kappa shape index (κ3) is 2.01. The fourth-order valence-electron chi connectivity index (χ4n) is 1.56. The summed E-state index contributed by atoms with van der Waals surface area (Å²) in [5.74, 6) is -0.491. The predicted molar refractivity (Wildman–Crippen MR) is 62.5 cm³/mol. The van der Waals surface area contributed by atoms with Gasteiger partial charge in [-0.15, -0.1) is 0 Å². The molecular weight excluding hydrogens is 220 g/mol. The summed E-state index contributed by atoms with van der Waals surface area (Å²) in [5, 5.41) is 0. The average molecular weight is 232 g/mol. The van der Waals surface area contributed by atoms with E-state index < -0.39 is 5.91 Å². The summed E-state index contributed by atoms with van der Waals surface area (Å²) >= 11 is 0. The van der Waals surface area contributed by atoms with Gasteiger partial charge in [-0.1, -0.05) is 0 Å². The molecule has 2 heterocycles. The first-order chi connectivity index (χ1) is 7.99. The molecular formula is C11H12N4O2. The molecule has 0 saturated heterocycles. The Morgan fingerprint density at radius 2 is 2.00 bits per heavy atom. The van der Waals surface area contributed by atoms with E-state index in [-0.39, 0.29) is 17.5 Å². The number of amides is 1. The van der Waals surface area contributed by atoms with Crippen molar-refractivity contribution < 1.29 is 4.79 Å². The van der Waals surface area contributed by atoms with E-state index in [1.54, 1.807) is 13.8 Å². The number of hydrogen-bond donors (Lipinski definition) is 1. The number of carbonyl (C=O) groups is 1. The minimum Gasteiger partial charge on any atom is -0.368 e. The zero-order valence-corrected chi connectivity index (χ0v) is 9.60. The van der Waals surface area contributed by atoms with Crippen LogP contribution in [-0.2, 0) is 11.3 Å². The van der Waals surface area contributed by atoms with Crippen LogP contribution in [0.5, 0.6) is 0 Å². The van der Waals surface area contributed by atoms with Gasteiger partial charge in [0.15, 0.2) is 11.2 Å². The Bertz CT molecular complexity index is 660. The maximum atomic E-state index is 11.6. The summed E-state index contributed by atoms with van der Waals surface area (Å²) in [6.45, 7) is 3.56. The number of aromatic nitrogens is 3. The number of aryl methyl sites for hydroxylation is 2. The summed E-state index contributed by atoms with van der Waals surface area (Å²) in [5.41, 5.74) is 7.00. The summed E-state index contributed by atoms with van der Waals surface area (Å²) < 4.78 is 1.53. The van der Waals surface area contributed by atoms with E-state index in [0.29, 0.717) is 11.3 Å². The maximum absolute atomic E-state index is 11.6. The first-order valence-corrected chi connectivity index (χ1v) is 5.11. The Hall–Kier alpha value is -2.24. The van der Waals surface area contributed by atoms with Crippen LogP contribution in [0, 0.1) is 13.8 Å². The first-order valence-electron chi connectivity index (χ1n) is 5.11. The number of nitrogens with two attached hydrogens (primary N) is 1. The van der Waals surface area contributed by atoms with E-state index in [1.807, 2.05) is 0 Å². The second kappa shape index (κ2) is 3.97. The van der Waals surface area contributed by atoms with E-state index in [1.165, 1.54) is 16.8 Å². The van der Waals surface area contributed by atoms with Gasteiger partial charge in [0.2, 0.25) is 11.3 Å². The quantitative estimate of drug-likeness (QED) is 0.782. The van der Waals surface area contributed by atoms with Gasteiger partial charge in [-0.3, -0.25) is 9.59 Å². The van der Waals surface area contributed by atoms with Crippen LogP contribution < -0.4 is 11.2 Å². The van der Waals surface area contributed by atoms with Gasteiger partial charge >= 0.3 is 0 Å². The number of carbonyl (C=O) groups excluding carboxylic acids is 1. The number of primary amides is 1. The van der Waals surface area contributed by atoms with Crippen molar-refractivity contribution in [3.05, 3.63) is 33.9 Å². The Morgan fingerprint density at radius 1 is 1.35 bits per heavy atom. The van der Waals surface area contributed by atoms with Crippen molar-refractivity contribution in [3.8, 4) is 0 Å². The summed E-state index contributed by atoms with van der Waals surface area (Å²) in [6, 6.07) is 1.36. The molecule has 6 heteroatoms. The van der Waals surface area contributed by atoms with Crippen LogP contribution in [-0.4, -0.2) is 20.4 Å². The molecule has 2 aromatic heterocycles. The fourth-order valence-corrected chi connectivity index (χ4v) is 1.56. The van der Waals surface area contributed by atoms with Crippen LogP contribution in [0.25, 0.3) is 11.2 Å². The second-order valence-corrected chi connectivity index (χ2v) is 3.84. The van der Waals surface area contributed by atoms with Crippen LogP contribution in [0.15, 0.2) is 17.1 Å². The molecule has 0 radical (unpaired) electrons. The zero-order valence-electron chi connectivity index (χ0n) is 9.60. The van der Waals surface area contributed by atoms with Crippen molar-refractivity contribution in [1.82, 2.24) is 14.5 Å². The van der Waals surface area contributed by atoms with Crippen molar-refractivity contribution in [1.29, 1.82) is 0 Å². The number of rotatable bonds is 2. The van der Waals surface area contributed by atoms with Crippen molar-refractivity contribution in [3.63, 3.8) is 0 Å². The standard InChI is InChI=1S/C11H12N4O2/c1-6-7(2)14-11-10(13-6)8(16)3-4-15(11)5-9(12)17/h3-4H,5H2,1-2H3,(H2,12,17). The third-order valence-electron chi connectivity index (χ3n) is 2.53. The molecule has 0 aromatic carbocycles. The Morgan fingerprint density at radius 3 is 2.65 bits per heavy atom. The van der Waals surface area contributed by atoms with Crippen molar-refractivity contribution in [2.75, 3.05) is 0 Å². The monoisotopic (exact) mass is 232 g/mol. The van der Waals surface area contributed by atoms with Gasteiger partial charge in [0, 0.05) is 12.3 Å². The highest BCUT2D eigenvalue weighted by Crippen LogP contribution is 2.08. The molecule has 0 saturated carbocycles. The van der Waals surface area contributed by atoms with E-state index in [2.05, 4.69) is 9.97 Å². The lowest BCUT2D eigenvalue weighted by Crippen LogP contribution is -2.21. The molecule has 6 nitrogen and oxygen atoms in total. The molecule has 0 aliphatic carbocycles. The molecule has 0 aliphatic heterocycles. The van der Waals surface area contributed by atoms with Gasteiger partial charge in [0.25, 0.3) is 0 Å². The molecule has 2 rings (SSSR count). The van der Waals surface area contributed by atoms with Gasteiger partial charge in [-0.05, 0) is 13.8 Å². The van der Waals surface area contributed by atoms with E-state index >= 15 is 0 Å². The molecule has 0 spiro atoms. The van der Waals surface area contributed by atoms with Crippen LogP contribution in [0.2, 0.25) is 0 Å². The van der Waals surface area contributed by atoms with Crippen LogP contribution in [0.4, 0.5) is 0 Å². The molecule has 0 aliphatic rings. The second-order valence-electron chi connectivity index (χ2n) is 3.84. The minimum absolute atomic E-state index is 0.0199. The Balaban J connectivity index is 2.79. The van der Waals surface area contributed by atoms with Crippen LogP contribution >= 0.6 is 0 Å². The summed E-state index contributed by atoms with van der Waals surface area (Å²) in [6.07, 6.45) is 1.50. The normalized spacial score (nSPS) is 10.7. The lowest BCUT2D eigenvalue weighted by molar-refractivity contribution is -0.118. The van der Waals surface area contributed by atoms with Crippen molar-refractivity contribution in [2.45, 2.75) is 20.4 Å². The first kappa shape index (κ1) is 11.3. The molecule has 0 fully saturated rings. The number of nitrogens with zero attached hydrogens (tertiary/aromatic N) is 3. The van der Waals surface area contributed by atoms with Gasteiger partial charge in [0.05, 0.1) is 11.4 Å². The topological polar surface area (TPSA) is 90.9 Å². The van der Waals surface area contributed by atoms with Crippen molar-refractivity contribution in [2.24, 2.45) is 5.73 Å². The molecule has 1 amide bonds. The van der Waals surface area contributed by atoms with E-state index in [0.717, 1.165) is 5.69 Å². The number of fused-ring (bicyclic) bond motifs is 1. The fraction of sp³-hybridized carbons (Fsp3) is 0.273. The van der Waals surface area contributed by atoms with Gasteiger partial charge in [0.1, 0.15) is 6.54 Å². The highest BCUT2D eigenvalue weighted by Gasteiger charge is 2.09. The van der Waals surface area contributed by atoms with Crippen LogP contribution in [0.1, 0.15) is 11.4 Å². The zero-order chi connectivity index (χ0) is 12.6. The predicted octanol–water partition coefficient (Wildman–Crippen LogP) is -0.106. The largest absolute Gasteiger partial charge is 0.368 e. The maximum Gasteiger partial charge on any atom is 0.237 e. The van der Waals surface area contributed by atoms with Gasteiger partial charge in [-0.2, -0.15) is 0 Å².